The molecule has 0 spiro atoms. The summed E-state index contributed by atoms with van der Waals surface area (Å²) in [7, 11) is 0. The van der Waals surface area contributed by atoms with Crippen molar-refractivity contribution in [3.8, 4) is 0 Å². The molecule has 3 N–H and O–H groups in total. The van der Waals surface area contributed by atoms with Crippen molar-refractivity contribution < 1.29 is 14.3 Å². The Morgan fingerprint density at radius 3 is 2.19 bits per heavy atom. The van der Waals surface area contributed by atoms with Gasteiger partial charge in [0.15, 0.2) is 0 Å². The Kier molecular flexibility index (Phi) is 5.86. The summed E-state index contributed by atoms with van der Waals surface area (Å²) in [6, 6.07) is 14.5. The van der Waals surface area contributed by atoms with Crippen LogP contribution in [-0.2, 0) is 17.9 Å². The topological polar surface area (TPSA) is 84.7 Å². The zero-order chi connectivity index (χ0) is 18.4. The number of anilines is 1. The van der Waals surface area contributed by atoms with Crippen LogP contribution < -0.4 is 11.1 Å². The molecule has 2 amide bonds. The molecule has 136 valence electrons. The summed E-state index contributed by atoms with van der Waals surface area (Å²) in [6.45, 7) is 3.39. The molecule has 1 heterocycles. The number of nitrogens with zero attached hydrogens (tertiary/aromatic N) is 1. The van der Waals surface area contributed by atoms with Gasteiger partial charge in [0.2, 0.25) is 5.91 Å². The van der Waals surface area contributed by atoms with E-state index >= 15 is 0 Å². The van der Waals surface area contributed by atoms with Crippen LogP contribution in [0.1, 0.15) is 34.3 Å². The van der Waals surface area contributed by atoms with Gasteiger partial charge < -0.3 is 10.5 Å². The number of nitrogens with two attached hydrogens (primary N) is 1. The van der Waals surface area contributed by atoms with Crippen LogP contribution in [0.25, 0.3) is 0 Å². The van der Waals surface area contributed by atoms with Gasteiger partial charge >= 0.3 is 6.09 Å². The number of hydrogen-bond acceptors (Lipinski definition) is 4. The maximum Gasteiger partial charge on any atom is 0.411 e. The molecule has 0 saturated carbocycles. The fourth-order valence-corrected chi connectivity index (χ4v) is 2.96. The van der Waals surface area contributed by atoms with Gasteiger partial charge in [0.25, 0.3) is 0 Å². The van der Waals surface area contributed by atoms with Gasteiger partial charge in [-0.2, -0.15) is 0 Å². The molecule has 6 heteroatoms. The number of benzene rings is 2. The Labute approximate surface area is 152 Å². The number of primary amides is 1. The molecule has 2 aromatic rings. The molecule has 3 rings (SSSR count). The van der Waals surface area contributed by atoms with E-state index in [1.54, 1.807) is 24.3 Å². The van der Waals surface area contributed by atoms with Gasteiger partial charge in [0.1, 0.15) is 6.61 Å². The first-order valence-electron chi connectivity index (χ1n) is 8.74. The third-order valence-electron chi connectivity index (χ3n) is 4.41. The molecule has 0 atom stereocenters. The molecule has 1 saturated heterocycles. The SMILES string of the molecule is NC(=O)c1ccc(COC(=O)Nc2ccc(CN3CCCC3)cc2)cc1. The summed E-state index contributed by atoms with van der Waals surface area (Å²) in [5, 5.41) is 2.71. The molecule has 2 aromatic carbocycles. The zero-order valence-corrected chi connectivity index (χ0v) is 14.6. The average molecular weight is 353 g/mol. The smallest absolute Gasteiger partial charge is 0.411 e. The summed E-state index contributed by atoms with van der Waals surface area (Å²) in [6.07, 6.45) is 2.03. The van der Waals surface area contributed by atoms with E-state index in [1.165, 1.54) is 18.4 Å². The van der Waals surface area contributed by atoms with E-state index in [2.05, 4.69) is 10.2 Å². The lowest BCUT2D eigenvalue weighted by Gasteiger charge is -2.14. The third-order valence-corrected chi connectivity index (χ3v) is 4.41. The monoisotopic (exact) mass is 353 g/mol. The first kappa shape index (κ1) is 17.9. The first-order valence-corrected chi connectivity index (χ1v) is 8.74. The number of nitrogens with one attached hydrogen (secondary N) is 1. The van der Waals surface area contributed by atoms with Crippen molar-refractivity contribution in [1.82, 2.24) is 4.90 Å². The van der Waals surface area contributed by atoms with Crippen LogP contribution >= 0.6 is 0 Å². The molecule has 0 radical (unpaired) electrons. The van der Waals surface area contributed by atoms with Crippen molar-refractivity contribution in [3.05, 3.63) is 65.2 Å². The molecular formula is C20H23N3O3. The van der Waals surface area contributed by atoms with Crippen molar-refractivity contribution in [3.63, 3.8) is 0 Å². The third kappa shape index (κ3) is 5.07. The van der Waals surface area contributed by atoms with Crippen LogP contribution in [0.4, 0.5) is 10.5 Å². The summed E-state index contributed by atoms with van der Waals surface area (Å²) >= 11 is 0. The second kappa shape index (κ2) is 8.49. The van der Waals surface area contributed by atoms with E-state index in [0.717, 1.165) is 25.2 Å². The summed E-state index contributed by atoms with van der Waals surface area (Å²) < 4.78 is 5.20. The summed E-state index contributed by atoms with van der Waals surface area (Å²) in [5.74, 6) is -0.483. The van der Waals surface area contributed by atoms with Crippen molar-refractivity contribution in [2.24, 2.45) is 5.73 Å². The van der Waals surface area contributed by atoms with Gasteiger partial charge in [-0.25, -0.2) is 4.79 Å². The van der Waals surface area contributed by atoms with Gasteiger partial charge in [-0.15, -0.1) is 0 Å². The minimum Gasteiger partial charge on any atom is -0.444 e. The normalized spacial score (nSPS) is 14.2. The highest BCUT2D eigenvalue weighted by molar-refractivity contribution is 5.92. The van der Waals surface area contributed by atoms with E-state index in [1.807, 2.05) is 24.3 Å². The lowest BCUT2D eigenvalue weighted by Crippen LogP contribution is -2.18. The van der Waals surface area contributed by atoms with Crippen LogP contribution in [0.5, 0.6) is 0 Å². The highest BCUT2D eigenvalue weighted by atomic mass is 16.5. The zero-order valence-electron chi connectivity index (χ0n) is 14.6. The Hall–Kier alpha value is -2.86. The number of likely N-dealkylation sites (tertiary alicyclic amines) is 1. The highest BCUT2D eigenvalue weighted by Gasteiger charge is 2.11. The van der Waals surface area contributed by atoms with E-state index in [4.69, 9.17) is 10.5 Å². The Morgan fingerprint density at radius 2 is 1.58 bits per heavy atom. The van der Waals surface area contributed by atoms with Gasteiger partial charge in [-0.1, -0.05) is 24.3 Å². The number of rotatable bonds is 6. The number of amides is 2. The molecule has 1 aliphatic rings. The van der Waals surface area contributed by atoms with Gasteiger partial charge in [-0.3, -0.25) is 15.0 Å². The predicted octanol–water partition coefficient (Wildman–Crippen LogP) is 3.13. The van der Waals surface area contributed by atoms with Crippen molar-refractivity contribution >= 4 is 17.7 Å². The van der Waals surface area contributed by atoms with Gasteiger partial charge in [0.05, 0.1) is 0 Å². The lowest BCUT2D eigenvalue weighted by atomic mass is 10.1. The number of carbonyl (C=O) groups is 2. The molecule has 26 heavy (non-hydrogen) atoms. The molecule has 1 fully saturated rings. The van der Waals surface area contributed by atoms with Crippen LogP contribution in [0.2, 0.25) is 0 Å². The molecule has 6 nitrogen and oxygen atoms in total. The van der Waals surface area contributed by atoms with Crippen molar-refractivity contribution in [2.75, 3.05) is 18.4 Å². The summed E-state index contributed by atoms with van der Waals surface area (Å²) in [4.78, 5) is 25.4. The Balaban J connectivity index is 1.45. The van der Waals surface area contributed by atoms with E-state index in [-0.39, 0.29) is 6.61 Å². The first-order chi connectivity index (χ1) is 12.6. The van der Waals surface area contributed by atoms with Gasteiger partial charge in [0, 0.05) is 17.8 Å². The molecular weight excluding hydrogens is 330 g/mol. The van der Waals surface area contributed by atoms with E-state index in [9.17, 15) is 9.59 Å². The lowest BCUT2D eigenvalue weighted by molar-refractivity contribution is 0.1000. The largest absolute Gasteiger partial charge is 0.444 e. The minimum absolute atomic E-state index is 0.123. The molecule has 0 bridgehead atoms. The maximum atomic E-state index is 11.9. The average Bonchev–Trinajstić information content (AvgIpc) is 3.15. The Bertz CT molecular complexity index is 751. The maximum absolute atomic E-state index is 11.9. The fraction of sp³-hybridized carbons (Fsp3) is 0.300. The second-order valence-corrected chi connectivity index (χ2v) is 6.44. The standard InChI is InChI=1S/C20H23N3O3/c21-19(24)17-7-3-16(4-8-17)14-26-20(25)22-18-9-5-15(6-10-18)13-23-11-1-2-12-23/h3-10H,1-2,11-14H2,(H2,21,24)(H,22,25). The fourth-order valence-electron chi connectivity index (χ4n) is 2.96. The van der Waals surface area contributed by atoms with Crippen LogP contribution in [0.15, 0.2) is 48.5 Å². The molecule has 1 aliphatic heterocycles. The Morgan fingerprint density at radius 1 is 0.962 bits per heavy atom. The molecule has 0 unspecified atom stereocenters. The van der Waals surface area contributed by atoms with Gasteiger partial charge in [-0.05, 0) is 61.3 Å². The van der Waals surface area contributed by atoms with E-state index < -0.39 is 12.0 Å². The van der Waals surface area contributed by atoms with Crippen molar-refractivity contribution in [2.45, 2.75) is 26.0 Å². The number of carbonyl (C=O) groups excluding carboxylic acids is 2. The number of ether oxygens (including phenoxy) is 1. The second-order valence-electron chi connectivity index (χ2n) is 6.44. The number of hydrogen-bond donors (Lipinski definition) is 2. The van der Waals surface area contributed by atoms with Crippen molar-refractivity contribution in [1.29, 1.82) is 0 Å². The van der Waals surface area contributed by atoms with Crippen LogP contribution in [-0.4, -0.2) is 30.0 Å². The minimum atomic E-state index is -0.517. The quantitative estimate of drug-likeness (QED) is 0.835. The molecule has 0 aliphatic carbocycles. The van der Waals surface area contributed by atoms with Crippen LogP contribution in [0, 0.1) is 0 Å². The predicted molar refractivity (Wildman–Crippen MR) is 99.7 cm³/mol. The summed E-state index contributed by atoms with van der Waals surface area (Å²) in [5.41, 5.74) is 8.33. The van der Waals surface area contributed by atoms with E-state index in [0.29, 0.717) is 11.3 Å². The molecule has 0 aromatic heterocycles. The van der Waals surface area contributed by atoms with Crippen LogP contribution in [0.3, 0.4) is 0 Å². The highest BCUT2D eigenvalue weighted by Crippen LogP contribution is 2.15.